The van der Waals surface area contributed by atoms with E-state index in [-0.39, 0.29) is 23.3 Å². The van der Waals surface area contributed by atoms with Crippen molar-refractivity contribution in [1.29, 1.82) is 0 Å². The van der Waals surface area contributed by atoms with Crippen molar-refractivity contribution in [2.75, 3.05) is 14.2 Å². The highest BCUT2D eigenvalue weighted by Gasteiger charge is 2.23. The van der Waals surface area contributed by atoms with Crippen LogP contribution in [0.15, 0.2) is 27.6 Å². The fraction of sp³-hybridized carbons (Fsp3) is 0.667. The number of ether oxygens (including phenoxy) is 2. The summed E-state index contributed by atoms with van der Waals surface area (Å²) in [5.41, 5.74) is -0.155. The molecule has 1 aromatic heterocycles. The molecule has 6 nitrogen and oxygen atoms in total. The molecule has 0 saturated heterocycles. The summed E-state index contributed by atoms with van der Waals surface area (Å²) in [4.78, 5) is 35.5. The maximum absolute atomic E-state index is 12.1. The second-order valence-corrected chi connectivity index (χ2v) is 6.86. The standard InChI is InChI=1S/C21H32O6/c1-4-5-6-7-9-16(20(23)25-2)10-8-11-17(21(24)26-3)14-19-15-18(22)12-13-27-19/h12-13,15-17H,4-11,14H2,1-3H3. The van der Waals surface area contributed by atoms with Gasteiger partial charge in [-0.3, -0.25) is 14.4 Å². The summed E-state index contributed by atoms with van der Waals surface area (Å²) in [6, 6.07) is 2.72. The Labute approximate surface area is 161 Å². The fourth-order valence-corrected chi connectivity index (χ4v) is 3.22. The number of rotatable bonds is 13. The van der Waals surface area contributed by atoms with Gasteiger partial charge in [-0.25, -0.2) is 0 Å². The number of hydrogen-bond donors (Lipinski definition) is 0. The van der Waals surface area contributed by atoms with Crippen LogP contribution in [0.3, 0.4) is 0 Å². The molecule has 2 atom stereocenters. The Morgan fingerprint density at radius 2 is 1.59 bits per heavy atom. The zero-order chi connectivity index (χ0) is 20.1. The lowest BCUT2D eigenvalue weighted by atomic mass is 9.91. The van der Waals surface area contributed by atoms with Gasteiger partial charge in [-0.2, -0.15) is 0 Å². The third-order valence-corrected chi connectivity index (χ3v) is 4.78. The van der Waals surface area contributed by atoms with Crippen LogP contribution in [0.5, 0.6) is 0 Å². The van der Waals surface area contributed by atoms with Crippen molar-refractivity contribution in [2.45, 2.75) is 64.7 Å². The molecule has 27 heavy (non-hydrogen) atoms. The highest BCUT2D eigenvalue weighted by Crippen LogP contribution is 2.22. The summed E-state index contributed by atoms with van der Waals surface area (Å²) in [5, 5.41) is 0. The van der Waals surface area contributed by atoms with Crippen molar-refractivity contribution in [3.8, 4) is 0 Å². The summed E-state index contributed by atoms with van der Waals surface area (Å²) in [6.45, 7) is 2.15. The van der Waals surface area contributed by atoms with Gasteiger partial charge in [-0.1, -0.05) is 39.0 Å². The molecular formula is C21H32O6. The molecule has 152 valence electrons. The van der Waals surface area contributed by atoms with Gasteiger partial charge in [-0.05, 0) is 19.3 Å². The van der Waals surface area contributed by atoms with Gasteiger partial charge >= 0.3 is 11.9 Å². The number of unbranched alkanes of at least 4 members (excludes halogenated alkanes) is 3. The molecule has 0 radical (unpaired) electrons. The lowest BCUT2D eigenvalue weighted by Crippen LogP contribution is -2.21. The second-order valence-electron chi connectivity index (χ2n) is 6.86. The molecule has 1 heterocycles. The van der Waals surface area contributed by atoms with E-state index in [9.17, 15) is 14.4 Å². The van der Waals surface area contributed by atoms with E-state index in [0.29, 0.717) is 31.4 Å². The van der Waals surface area contributed by atoms with Crippen LogP contribution < -0.4 is 5.43 Å². The summed E-state index contributed by atoms with van der Waals surface area (Å²) < 4.78 is 15.1. The molecule has 1 aromatic rings. The highest BCUT2D eigenvalue weighted by molar-refractivity contribution is 5.73. The molecule has 0 saturated carbocycles. The predicted molar refractivity (Wildman–Crippen MR) is 102 cm³/mol. The first-order valence-electron chi connectivity index (χ1n) is 9.75. The topological polar surface area (TPSA) is 82.8 Å². The summed E-state index contributed by atoms with van der Waals surface area (Å²) in [5.74, 6) is -0.602. The maximum atomic E-state index is 12.1. The number of methoxy groups -OCH3 is 2. The molecule has 0 aliphatic heterocycles. The van der Waals surface area contributed by atoms with Crippen molar-refractivity contribution < 1.29 is 23.5 Å². The minimum absolute atomic E-state index is 0.139. The largest absolute Gasteiger partial charge is 0.469 e. The minimum Gasteiger partial charge on any atom is -0.469 e. The zero-order valence-corrected chi connectivity index (χ0v) is 16.7. The molecule has 0 amide bonds. The van der Waals surface area contributed by atoms with Crippen LogP contribution in [0.2, 0.25) is 0 Å². The maximum Gasteiger partial charge on any atom is 0.309 e. The smallest absolute Gasteiger partial charge is 0.309 e. The highest BCUT2D eigenvalue weighted by atomic mass is 16.5. The third-order valence-electron chi connectivity index (χ3n) is 4.78. The molecule has 0 aliphatic rings. The van der Waals surface area contributed by atoms with Gasteiger partial charge in [0, 0.05) is 18.6 Å². The van der Waals surface area contributed by atoms with E-state index >= 15 is 0 Å². The molecular weight excluding hydrogens is 348 g/mol. The SMILES string of the molecule is CCCCCCC(CCCC(Cc1cc(=O)cco1)C(=O)OC)C(=O)OC. The van der Waals surface area contributed by atoms with Gasteiger partial charge in [-0.15, -0.1) is 0 Å². The van der Waals surface area contributed by atoms with Gasteiger partial charge in [0.05, 0.1) is 32.3 Å². The molecule has 0 aliphatic carbocycles. The Bertz CT molecular complexity index is 621. The van der Waals surface area contributed by atoms with E-state index in [1.54, 1.807) is 0 Å². The van der Waals surface area contributed by atoms with E-state index < -0.39 is 5.92 Å². The molecule has 6 heteroatoms. The number of hydrogen-bond acceptors (Lipinski definition) is 6. The Balaban J connectivity index is 2.59. The Hall–Kier alpha value is -2.11. The zero-order valence-electron chi connectivity index (χ0n) is 16.7. The molecule has 0 bridgehead atoms. The van der Waals surface area contributed by atoms with Gasteiger partial charge < -0.3 is 13.9 Å². The molecule has 0 aromatic carbocycles. The summed E-state index contributed by atoms with van der Waals surface area (Å²) >= 11 is 0. The van der Waals surface area contributed by atoms with Gasteiger partial charge in [0.1, 0.15) is 5.76 Å². The van der Waals surface area contributed by atoms with Crippen molar-refractivity contribution in [2.24, 2.45) is 11.8 Å². The van der Waals surface area contributed by atoms with Crippen LogP contribution in [0.1, 0.15) is 64.1 Å². The molecule has 0 fully saturated rings. The first kappa shape index (κ1) is 22.9. The van der Waals surface area contributed by atoms with E-state index in [2.05, 4.69) is 6.92 Å². The molecule has 0 spiro atoms. The first-order chi connectivity index (χ1) is 13.0. The van der Waals surface area contributed by atoms with Crippen LogP contribution in [-0.2, 0) is 25.5 Å². The van der Waals surface area contributed by atoms with Crippen LogP contribution in [0.25, 0.3) is 0 Å². The number of carbonyl (C=O) groups is 2. The van der Waals surface area contributed by atoms with Crippen LogP contribution >= 0.6 is 0 Å². The van der Waals surface area contributed by atoms with E-state index in [4.69, 9.17) is 13.9 Å². The van der Waals surface area contributed by atoms with Crippen molar-refractivity contribution in [3.63, 3.8) is 0 Å². The summed E-state index contributed by atoms with van der Waals surface area (Å²) in [6.07, 6.45) is 8.81. The lowest BCUT2D eigenvalue weighted by Gasteiger charge is -2.17. The van der Waals surface area contributed by atoms with Gasteiger partial charge in [0.15, 0.2) is 5.43 Å². The van der Waals surface area contributed by atoms with Crippen LogP contribution in [0.4, 0.5) is 0 Å². The Kier molecular flexibility index (Phi) is 11.1. The first-order valence-corrected chi connectivity index (χ1v) is 9.75. The second kappa shape index (κ2) is 13.1. The van der Waals surface area contributed by atoms with Gasteiger partial charge in [0.2, 0.25) is 0 Å². The van der Waals surface area contributed by atoms with E-state index in [1.807, 2.05) is 0 Å². The third kappa shape index (κ3) is 8.89. The number of carbonyl (C=O) groups excluding carboxylic acids is 2. The Morgan fingerprint density at radius 3 is 2.22 bits per heavy atom. The van der Waals surface area contributed by atoms with Crippen molar-refractivity contribution in [3.05, 3.63) is 34.4 Å². The minimum atomic E-state index is -0.404. The average Bonchev–Trinajstić information content (AvgIpc) is 2.67. The normalized spacial score (nSPS) is 13.0. The predicted octanol–water partition coefficient (Wildman–Crippen LogP) is 3.90. The monoisotopic (exact) mass is 380 g/mol. The molecule has 1 rings (SSSR count). The number of esters is 2. The lowest BCUT2D eigenvalue weighted by molar-refractivity contribution is -0.146. The molecule has 2 unspecified atom stereocenters. The van der Waals surface area contributed by atoms with Gasteiger partial charge in [0.25, 0.3) is 0 Å². The summed E-state index contributed by atoms with van der Waals surface area (Å²) in [7, 11) is 2.76. The quantitative estimate of drug-likeness (QED) is 0.381. The average molecular weight is 380 g/mol. The van der Waals surface area contributed by atoms with E-state index in [1.165, 1.54) is 39.0 Å². The fourth-order valence-electron chi connectivity index (χ4n) is 3.22. The van der Waals surface area contributed by atoms with Crippen LogP contribution in [-0.4, -0.2) is 26.2 Å². The molecule has 0 N–H and O–H groups in total. The van der Waals surface area contributed by atoms with Crippen LogP contribution in [0, 0.1) is 11.8 Å². The van der Waals surface area contributed by atoms with Crippen molar-refractivity contribution >= 4 is 11.9 Å². The van der Waals surface area contributed by atoms with E-state index in [0.717, 1.165) is 25.7 Å². The Morgan fingerprint density at radius 1 is 0.963 bits per heavy atom. The van der Waals surface area contributed by atoms with Crippen molar-refractivity contribution in [1.82, 2.24) is 0 Å².